The first-order valence-electron chi connectivity index (χ1n) is 13.0. The molecule has 0 saturated carbocycles. The summed E-state index contributed by atoms with van der Waals surface area (Å²) in [5.74, 6) is -1.91. The molecule has 0 radical (unpaired) electrons. The van der Waals surface area contributed by atoms with Crippen molar-refractivity contribution in [3.8, 4) is 0 Å². The summed E-state index contributed by atoms with van der Waals surface area (Å²) in [4.78, 5) is 27.8. The van der Waals surface area contributed by atoms with Crippen LogP contribution in [0.3, 0.4) is 0 Å². The smallest absolute Gasteiger partial charge is 0.350 e. The summed E-state index contributed by atoms with van der Waals surface area (Å²) < 4.78 is 82.5. The van der Waals surface area contributed by atoms with Gasteiger partial charge in [0.25, 0.3) is 10.0 Å². The molecule has 0 fully saturated rings. The molecular formula is C30H33F4N3O4S. The van der Waals surface area contributed by atoms with Crippen molar-refractivity contribution in [2.24, 2.45) is 0 Å². The average molecular weight is 608 g/mol. The molecule has 0 aliphatic carbocycles. The van der Waals surface area contributed by atoms with Gasteiger partial charge in [-0.05, 0) is 82.6 Å². The molecule has 0 aromatic heterocycles. The van der Waals surface area contributed by atoms with Crippen molar-refractivity contribution < 1.29 is 35.6 Å². The van der Waals surface area contributed by atoms with Gasteiger partial charge < -0.3 is 10.2 Å². The van der Waals surface area contributed by atoms with E-state index in [-0.39, 0.29) is 17.1 Å². The fourth-order valence-electron chi connectivity index (χ4n) is 4.05. The number of carbonyl (C=O) groups is 2. The summed E-state index contributed by atoms with van der Waals surface area (Å²) in [5.41, 5.74) is -0.939. The second-order valence-electron chi connectivity index (χ2n) is 10.9. The van der Waals surface area contributed by atoms with Gasteiger partial charge in [0.2, 0.25) is 11.8 Å². The highest BCUT2D eigenvalue weighted by Crippen LogP contribution is 2.33. The molecule has 3 aromatic carbocycles. The molecule has 3 rings (SSSR count). The molecule has 0 bridgehead atoms. The summed E-state index contributed by atoms with van der Waals surface area (Å²) in [6.07, 6.45) is -4.77. The predicted molar refractivity (Wildman–Crippen MR) is 151 cm³/mol. The Morgan fingerprint density at radius 1 is 0.929 bits per heavy atom. The first-order valence-corrected chi connectivity index (χ1v) is 14.4. The van der Waals surface area contributed by atoms with E-state index in [0.717, 1.165) is 28.7 Å². The van der Waals surface area contributed by atoms with Gasteiger partial charge in [0.1, 0.15) is 18.4 Å². The first kappa shape index (κ1) is 32.6. The zero-order chi connectivity index (χ0) is 31.5. The number of benzene rings is 3. The zero-order valence-electron chi connectivity index (χ0n) is 23.9. The summed E-state index contributed by atoms with van der Waals surface area (Å²) in [7, 11) is -4.55. The van der Waals surface area contributed by atoms with Crippen molar-refractivity contribution in [2.75, 3.05) is 10.8 Å². The number of sulfonamides is 1. The number of hydrogen-bond acceptors (Lipinski definition) is 4. The summed E-state index contributed by atoms with van der Waals surface area (Å²) >= 11 is 0. The fraction of sp³-hybridized carbons (Fsp3) is 0.333. The van der Waals surface area contributed by atoms with E-state index < -0.39 is 57.5 Å². The average Bonchev–Trinajstić information content (AvgIpc) is 2.89. The number of halogens is 4. The Morgan fingerprint density at radius 2 is 1.52 bits per heavy atom. The van der Waals surface area contributed by atoms with Gasteiger partial charge >= 0.3 is 6.18 Å². The number of nitrogens with one attached hydrogen (secondary N) is 1. The highest BCUT2D eigenvalue weighted by molar-refractivity contribution is 7.92. The monoisotopic (exact) mass is 607 g/mol. The lowest BCUT2D eigenvalue weighted by molar-refractivity contribution is -0.140. The maximum Gasteiger partial charge on any atom is 0.416 e. The van der Waals surface area contributed by atoms with Gasteiger partial charge in [-0.25, -0.2) is 12.8 Å². The topological polar surface area (TPSA) is 86.8 Å². The molecule has 1 atom stereocenters. The van der Waals surface area contributed by atoms with Crippen LogP contribution in [-0.2, 0) is 32.3 Å². The van der Waals surface area contributed by atoms with Crippen LogP contribution in [0.15, 0.2) is 77.7 Å². The van der Waals surface area contributed by atoms with E-state index in [1.807, 2.05) is 0 Å². The summed E-state index contributed by atoms with van der Waals surface area (Å²) in [6, 6.07) is 13.4. The third-order valence-corrected chi connectivity index (χ3v) is 8.07. The molecule has 0 heterocycles. The Bertz CT molecular complexity index is 1520. The number of hydrogen-bond donors (Lipinski definition) is 1. The highest BCUT2D eigenvalue weighted by atomic mass is 32.2. The van der Waals surface area contributed by atoms with Crippen LogP contribution in [0.5, 0.6) is 0 Å². The lowest BCUT2D eigenvalue weighted by atomic mass is 10.1. The SMILES string of the molecule is Cc1ccc(S(=O)(=O)N(CC(=O)N(Cc2ccc(F)cc2)[C@H](C)C(=O)NC(C)(C)C)c2cccc(C(F)(F)F)c2)cc1. The maximum absolute atomic E-state index is 13.9. The van der Waals surface area contributed by atoms with Crippen molar-refractivity contribution in [1.29, 1.82) is 0 Å². The largest absolute Gasteiger partial charge is 0.416 e. The lowest BCUT2D eigenvalue weighted by Crippen LogP contribution is -2.54. The predicted octanol–water partition coefficient (Wildman–Crippen LogP) is 5.68. The lowest BCUT2D eigenvalue weighted by Gasteiger charge is -2.33. The number of alkyl halides is 3. The number of carbonyl (C=O) groups excluding carboxylic acids is 2. The van der Waals surface area contributed by atoms with E-state index in [9.17, 15) is 35.6 Å². The van der Waals surface area contributed by atoms with E-state index in [2.05, 4.69) is 5.32 Å². The van der Waals surface area contributed by atoms with Gasteiger partial charge in [0.15, 0.2) is 0 Å². The Hall–Kier alpha value is -3.93. The quantitative estimate of drug-likeness (QED) is 0.317. The van der Waals surface area contributed by atoms with Gasteiger partial charge in [-0.2, -0.15) is 13.2 Å². The van der Waals surface area contributed by atoms with Crippen LogP contribution in [-0.4, -0.2) is 43.3 Å². The maximum atomic E-state index is 13.9. The molecule has 1 N–H and O–H groups in total. The van der Waals surface area contributed by atoms with Crippen LogP contribution < -0.4 is 9.62 Å². The van der Waals surface area contributed by atoms with Crippen molar-refractivity contribution >= 4 is 27.5 Å². The molecule has 0 aliphatic heterocycles. The van der Waals surface area contributed by atoms with Gasteiger partial charge in [0.05, 0.1) is 16.1 Å². The fourth-order valence-corrected chi connectivity index (χ4v) is 5.45. The molecule has 3 aromatic rings. The molecule has 7 nitrogen and oxygen atoms in total. The summed E-state index contributed by atoms with van der Waals surface area (Å²) in [6.45, 7) is 7.31. The molecule has 0 spiro atoms. The third kappa shape index (κ3) is 8.31. The van der Waals surface area contributed by atoms with Crippen LogP contribution in [0.2, 0.25) is 0 Å². The van der Waals surface area contributed by atoms with Gasteiger partial charge in [0, 0.05) is 12.1 Å². The zero-order valence-corrected chi connectivity index (χ0v) is 24.7. The van der Waals surface area contributed by atoms with Crippen molar-refractivity contribution in [2.45, 2.75) is 63.8 Å². The molecule has 42 heavy (non-hydrogen) atoms. The Morgan fingerprint density at radius 3 is 2.07 bits per heavy atom. The number of aryl methyl sites for hydroxylation is 1. The van der Waals surface area contributed by atoms with Crippen LogP contribution in [0.1, 0.15) is 44.4 Å². The molecule has 0 saturated heterocycles. The standard InChI is InChI=1S/C30H33F4N3O4S/c1-20-9-15-26(16-10-20)42(40,41)37(25-8-6-7-23(17-25)30(32,33)34)19-27(38)36(18-22-11-13-24(31)14-12-22)21(2)28(39)35-29(3,4)5/h6-17,21H,18-19H2,1-5H3,(H,35,39)/t21-/m1/s1. The van der Waals surface area contributed by atoms with Crippen molar-refractivity contribution in [3.05, 3.63) is 95.3 Å². The van der Waals surface area contributed by atoms with Crippen molar-refractivity contribution in [1.82, 2.24) is 10.2 Å². The van der Waals surface area contributed by atoms with Crippen molar-refractivity contribution in [3.63, 3.8) is 0 Å². The minimum Gasteiger partial charge on any atom is -0.350 e. The van der Waals surface area contributed by atoms with E-state index in [1.54, 1.807) is 27.7 Å². The van der Waals surface area contributed by atoms with Crippen LogP contribution in [0, 0.1) is 12.7 Å². The molecule has 0 aliphatic rings. The van der Waals surface area contributed by atoms with Crippen LogP contribution in [0.4, 0.5) is 23.2 Å². The minimum atomic E-state index is -4.77. The number of amides is 2. The van der Waals surface area contributed by atoms with Gasteiger partial charge in [-0.1, -0.05) is 35.9 Å². The van der Waals surface area contributed by atoms with Gasteiger partial charge in [-0.15, -0.1) is 0 Å². The second kappa shape index (κ2) is 12.5. The van der Waals surface area contributed by atoms with E-state index in [1.165, 1.54) is 55.5 Å². The normalized spacial score (nSPS) is 12.9. The van der Waals surface area contributed by atoms with Gasteiger partial charge in [-0.3, -0.25) is 13.9 Å². The van der Waals surface area contributed by atoms with Crippen LogP contribution in [0.25, 0.3) is 0 Å². The Balaban J connectivity index is 2.10. The highest BCUT2D eigenvalue weighted by Gasteiger charge is 2.35. The molecule has 12 heteroatoms. The minimum absolute atomic E-state index is 0.196. The second-order valence-corrected chi connectivity index (χ2v) is 12.8. The molecular weight excluding hydrogens is 574 g/mol. The van der Waals surface area contributed by atoms with E-state index in [0.29, 0.717) is 15.9 Å². The number of rotatable bonds is 9. The Labute approximate surface area is 243 Å². The Kier molecular flexibility index (Phi) is 9.71. The summed E-state index contributed by atoms with van der Waals surface area (Å²) in [5, 5.41) is 2.77. The molecule has 0 unspecified atom stereocenters. The van der Waals surface area contributed by atoms with E-state index in [4.69, 9.17) is 0 Å². The molecule has 2 amide bonds. The first-order chi connectivity index (χ1) is 19.4. The number of anilines is 1. The van der Waals surface area contributed by atoms with Crippen LogP contribution >= 0.6 is 0 Å². The third-order valence-electron chi connectivity index (χ3n) is 6.28. The number of nitrogens with zero attached hydrogens (tertiary/aromatic N) is 2. The molecule has 226 valence electrons. The van der Waals surface area contributed by atoms with E-state index >= 15 is 0 Å².